The second-order valence-electron chi connectivity index (χ2n) is 18.5. The summed E-state index contributed by atoms with van der Waals surface area (Å²) >= 11 is 0. The van der Waals surface area contributed by atoms with Gasteiger partial charge in [0.1, 0.15) is 0 Å². The summed E-state index contributed by atoms with van der Waals surface area (Å²) in [5, 5.41) is 45.0. The maximum Gasteiger partial charge on any atom is 0.334 e. The van der Waals surface area contributed by atoms with Crippen molar-refractivity contribution in [1.29, 1.82) is 0 Å². The first-order chi connectivity index (χ1) is 27.2. The molecule has 0 fully saturated rings. The molecular formula is C46H98O9P2. The summed E-state index contributed by atoms with van der Waals surface area (Å²) < 4.78 is 3.60. The zero-order chi connectivity index (χ0) is 43.1. The highest BCUT2D eigenvalue weighted by Crippen LogP contribution is 2.46. The summed E-state index contributed by atoms with van der Waals surface area (Å²) in [6, 6.07) is 0. The van der Waals surface area contributed by atoms with Crippen molar-refractivity contribution in [2.45, 2.75) is 271 Å². The van der Waals surface area contributed by atoms with Crippen molar-refractivity contribution in [2.75, 3.05) is 13.2 Å². The molecule has 0 rings (SSSR count). The van der Waals surface area contributed by atoms with Crippen LogP contribution in [0.15, 0.2) is 0 Å². The van der Waals surface area contributed by atoms with Crippen LogP contribution in [0.3, 0.4) is 0 Å². The topological polar surface area (TPSA) is 171 Å². The van der Waals surface area contributed by atoms with E-state index in [4.69, 9.17) is 19.6 Å². The molecule has 0 aliphatic carbocycles. The summed E-state index contributed by atoms with van der Waals surface area (Å²) in [5.74, 6) is 0. The van der Waals surface area contributed by atoms with E-state index in [1.807, 2.05) is 0 Å². The summed E-state index contributed by atoms with van der Waals surface area (Å²) in [6.45, 7) is 10.1. The van der Waals surface area contributed by atoms with Crippen molar-refractivity contribution in [3.63, 3.8) is 0 Å². The molecule has 0 aliphatic heterocycles. The number of rotatable bonds is 41. The Morgan fingerprint density at radius 2 is 0.702 bits per heavy atom. The molecule has 0 spiro atoms. The zero-order valence-electron chi connectivity index (χ0n) is 38.1. The van der Waals surface area contributed by atoms with Crippen molar-refractivity contribution in [3.8, 4) is 0 Å². The number of unbranched alkanes of at least 4 members (excludes halogenated alkanes) is 30. The number of aliphatic hydroxyl groups is 4. The lowest BCUT2D eigenvalue weighted by Crippen LogP contribution is -2.61. The lowest BCUT2D eigenvalue weighted by Gasteiger charge is -2.50. The average Bonchev–Trinajstić information content (AvgIpc) is 3.14. The third kappa shape index (κ3) is 35.8. The molecule has 2 atom stereocenters. The fraction of sp³-hybridized carbons (Fsp3) is 1.00. The highest BCUT2D eigenvalue weighted by molar-refractivity contribution is 7.53. The first-order valence-corrected chi connectivity index (χ1v) is 26.2. The van der Waals surface area contributed by atoms with E-state index in [2.05, 4.69) is 38.9 Å². The molecule has 9 nitrogen and oxygen atoms in total. The molecule has 57 heavy (non-hydrogen) atoms. The van der Waals surface area contributed by atoms with Gasteiger partial charge in [-0.15, -0.1) is 0 Å². The van der Waals surface area contributed by atoms with Crippen molar-refractivity contribution < 1.29 is 44.3 Å². The molecule has 0 radical (unpaired) electrons. The van der Waals surface area contributed by atoms with Gasteiger partial charge in [0.25, 0.3) is 0 Å². The van der Waals surface area contributed by atoms with Gasteiger partial charge in [-0.2, -0.15) is 0 Å². The molecule has 8 N–H and O–H groups in total. The third-order valence-corrected chi connectivity index (χ3v) is 13.0. The van der Waals surface area contributed by atoms with Gasteiger partial charge >= 0.3 is 17.2 Å². The van der Waals surface area contributed by atoms with Crippen LogP contribution in [0.2, 0.25) is 0 Å². The molecule has 0 heterocycles. The van der Waals surface area contributed by atoms with Gasteiger partial charge in [0, 0.05) is 0 Å². The number of aliphatic hydroxyl groups excluding tert-OH is 3. The molecule has 2 unspecified atom stereocenters. The molecule has 0 aromatic carbocycles. The minimum absolute atomic E-state index is 0.187. The second-order valence-corrected chi connectivity index (χ2v) is 20.2. The van der Waals surface area contributed by atoms with E-state index in [1.165, 1.54) is 173 Å². The fourth-order valence-corrected chi connectivity index (χ4v) is 8.97. The quantitative estimate of drug-likeness (QED) is 0.0220. The minimum atomic E-state index is -2.61. The third-order valence-electron chi connectivity index (χ3n) is 11.9. The molecule has 0 saturated heterocycles. The van der Waals surface area contributed by atoms with Crippen LogP contribution in [0.5, 0.6) is 0 Å². The minimum Gasteiger partial charge on any atom is -0.395 e. The molecule has 0 bridgehead atoms. The van der Waals surface area contributed by atoms with Gasteiger partial charge in [0.2, 0.25) is 0 Å². The van der Waals surface area contributed by atoms with Crippen molar-refractivity contribution >= 4 is 17.2 Å². The van der Waals surface area contributed by atoms with Crippen LogP contribution in [0.25, 0.3) is 0 Å². The largest absolute Gasteiger partial charge is 0.395 e. The maximum atomic E-state index is 12.2. The fourth-order valence-electron chi connectivity index (χ4n) is 8.45. The molecule has 0 aromatic heterocycles. The zero-order valence-corrected chi connectivity index (χ0v) is 39.9. The van der Waals surface area contributed by atoms with Crippen LogP contribution < -0.4 is 0 Å². The van der Waals surface area contributed by atoms with Crippen molar-refractivity contribution in [1.82, 2.24) is 0 Å². The van der Waals surface area contributed by atoms with Gasteiger partial charge in [0.15, 0.2) is 0 Å². The van der Waals surface area contributed by atoms with Crippen LogP contribution in [0, 0.1) is 10.8 Å². The Morgan fingerprint density at radius 1 is 0.439 bits per heavy atom. The highest BCUT2D eigenvalue weighted by atomic mass is 31.2. The Labute approximate surface area is 355 Å². The van der Waals surface area contributed by atoms with Gasteiger partial charge in [-0.3, -0.25) is 0 Å². The van der Waals surface area contributed by atoms with E-state index in [9.17, 15) is 20.4 Å². The standard InChI is InChI=1S/C46H94O4.H4O5P2/c1-6-8-10-12-14-16-18-20-22-24-26-28-30-32-34-36-38-43(49)45(41-47,42-48)46(50,40-44(3,4)5)39-37-35-33-31-29-27-25-23-21-19-17-15-13-11-9-7-2;1-6(2)5-7(3)4/h43,47-50H,6-42H2,1-5H3;1-4H. The van der Waals surface area contributed by atoms with E-state index < -0.39 is 47.5 Å². The predicted octanol–water partition coefficient (Wildman–Crippen LogP) is 13.2. The predicted molar refractivity (Wildman–Crippen MR) is 244 cm³/mol. The lowest BCUT2D eigenvalue weighted by molar-refractivity contribution is -0.201. The number of hydrogen-bond donors (Lipinski definition) is 8. The van der Waals surface area contributed by atoms with Gasteiger partial charge in [-0.25, -0.2) is 4.31 Å². The van der Waals surface area contributed by atoms with E-state index in [1.54, 1.807) is 0 Å². The SMILES string of the molecule is CCCCCCCCCCCCCCCCCCC(O)C(CO)(CO)C(O)(CCCCCCCCCCCCCCCCCC)CC(C)(C)C.OP(O)OP(O)O. The molecule has 0 saturated carbocycles. The summed E-state index contributed by atoms with van der Waals surface area (Å²) in [4.78, 5) is 31.3. The van der Waals surface area contributed by atoms with E-state index in [-0.39, 0.29) is 5.41 Å². The molecule has 0 aliphatic rings. The van der Waals surface area contributed by atoms with E-state index in [0.717, 1.165) is 32.1 Å². The summed E-state index contributed by atoms with van der Waals surface area (Å²) in [5.41, 5.74) is -2.79. The van der Waals surface area contributed by atoms with E-state index >= 15 is 0 Å². The summed E-state index contributed by atoms with van der Waals surface area (Å²) in [7, 11) is -5.22. The normalized spacial score (nSPS) is 13.9. The van der Waals surface area contributed by atoms with Crippen LogP contribution in [0.4, 0.5) is 0 Å². The van der Waals surface area contributed by atoms with Crippen LogP contribution >= 0.6 is 17.2 Å². The molecule has 0 aromatic rings. The Balaban J connectivity index is 0. The first kappa shape index (κ1) is 59.6. The molecule has 11 heteroatoms. The molecule has 0 amide bonds. The van der Waals surface area contributed by atoms with Crippen LogP contribution in [0.1, 0.15) is 259 Å². The van der Waals surface area contributed by atoms with Crippen LogP contribution in [-0.4, -0.2) is 64.9 Å². The lowest BCUT2D eigenvalue weighted by atomic mass is 9.61. The Hall–Kier alpha value is 0.500. The maximum absolute atomic E-state index is 12.2. The van der Waals surface area contributed by atoms with Crippen LogP contribution in [-0.2, 0) is 4.31 Å². The Kier molecular flexibility index (Phi) is 42.4. The summed E-state index contributed by atoms with van der Waals surface area (Å²) in [6.07, 6.45) is 42.3. The van der Waals surface area contributed by atoms with E-state index in [0.29, 0.717) is 19.3 Å². The van der Waals surface area contributed by atoms with Gasteiger partial charge in [-0.05, 0) is 24.7 Å². The molecular weight excluding hydrogens is 758 g/mol. The highest BCUT2D eigenvalue weighted by Gasteiger charge is 2.54. The average molecular weight is 857 g/mol. The molecule has 346 valence electrons. The van der Waals surface area contributed by atoms with Gasteiger partial charge in [0.05, 0.1) is 30.3 Å². The van der Waals surface area contributed by atoms with Gasteiger partial charge in [-0.1, -0.05) is 240 Å². The Bertz CT molecular complexity index is 805. The van der Waals surface area contributed by atoms with Crippen molar-refractivity contribution in [2.24, 2.45) is 10.8 Å². The Morgan fingerprint density at radius 3 is 0.930 bits per heavy atom. The van der Waals surface area contributed by atoms with Crippen molar-refractivity contribution in [3.05, 3.63) is 0 Å². The number of hydrogen-bond acceptors (Lipinski definition) is 9. The van der Waals surface area contributed by atoms with Gasteiger partial charge < -0.3 is 40.0 Å². The smallest absolute Gasteiger partial charge is 0.334 e. The monoisotopic (exact) mass is 857 g/mol. The first-order valence-electron chi connectivity index (χ1n) is 23.9. The second kappa shape index (κ2) is 40.6.